The number of aliphatic hydroxyl groups excluding tert-OH is 1. The van der Waals surface area contributed by atoms with Gasteiger partial charge in [-0.15, -0.1) is 11.3 Å². The van der Waals surface area contributed by atoms with Crippen molar-refractivity contribution in [3.63, 3.8) is 0 Å². The highest BCUT2D eigenvalue weighted by Crippen LogP contribution is 2.43. The zero-order chi connectivity index (χ0) is 21.6. The number of carbonyl (C=O) groups is 2. The molecule has 0 aliphatic carbocycles. The van der Waals surface area contributed by atoms with Crippen LogP contribution in [0.2, 0.25) is 0 Å². The number of amides is 1. The normalized spacial score (nSPS) is 18.3. The summed E-state index contributed by atoms with van der Waals surface area (Å²) >= 11 is 1.24. The van der Waals surface area contributed by atoms with Gasteiger partial charge in [-0.2, -0.15) is 0 Å². The summed E-state index contributed by atoms with van der Waals surface area (Å²) in [6, 6.07) is 9.25. The van der Waals surface area contributed by atoms with Crippen molar-refractivity contribution in [3.05, 3.63) is 87.4 Å². The first-order valence-corrected chi connectivity index (χ1v) is 9.86. The summed E-state index contributed by atoms with van der Waals surface area (Å²) in [5.41, 5.74) is 1.18. The van der Waals surface area contributed by atoms with Gasteiger partial charge in [0.1, 0.15) is 17.4 Å². The number of hydrogen-bond donors (Lipinski definition) is 1. The third-order valence-electron chi connectivity index (χ3n) is 4.97. The number of benzene rings is 2. The molecular formula is C22H16F2N2O3S. The third kappa shape index (κ3) is 3.29. The average molecular weight is 426 g/mol. The molecule has 3 aromatic rings. The van der Waals surface area contributed by atoms with Crippen molar-refractivity contribution in [1.29, 1.82) is 0 Å². The minimum atomic E-state index is -0.999. The smallest absolute Gasteiger partial charge is 0.301 e. The first kappa shape index (κ1) is 19.9. The number of nitrogens with zero attached hydrogens (tertiary/aromatic N) is 2. The number of hydrogen-bond acceptors (Lipinski definition) is 5. The predicted octanol–water partition coefficient (Wildman–Crippen LogP) is 4.66. The number of aromatic nitrogens is 1. The second kappa shape index (κ2) is 7.46. The van der Waals surface area contributed by atoms with Gasteiger partial charge in [0.2, 0.25) is 0 Å². The van der Waals surface area contributed by atoms with Crippen LogP contribution in [0.3, 0.4) is 0 Å². The monoisotopic (exact) mass is 426 g/mol. The Kier molecular flexibility index (Phi) is 4.95. The molecular weight excluding hydrogens is 410 g/mol. The molecule has 1 N–H and O–H groups in total. The Bertz CT molecular complexity index is 1160. The molecule has 1 amide bonds. The van der Waals surface area contributed by atoms with Crippen LogP contribution in [-0.4, -0.2) is 21.8 Å². The van der Waals surface area contributed by atoms with Crippen molar-refractivity contribution in [3.8, 4) is 0 Å². The molecule has 0 unspecified atom stereocenters. The van der Waals surface area contributed by atoms with E-state index in [0.29, 0.717) is 16.4 Å². The Morgan fingerprint density at radius 2 is 1.57 bits per heavy atom. The molecule has 2 aromatic carbocycles. The molecule has 0 saturated carbocycles. The first-order chi connectivity index (χ1) is 14.3. The van der Waals surface area contributed by atoms with Crippen molar-refractivity contribution >= 4 is 33.9 Å². The van der Waals surface area contributed by atoms with Crippen LogP contribution in [0.5, 0.6) is 0 Å². The highest BCUT2D eigenvalue weighted by atomic mass is 32.1. The SMILES string of the molecule is Cc1nc(N2C(=O)C(=O)C(=C(O)c3ccc(F)cc3)[C@H]2c2ccc(F)cc2)sc1C. The van der Waals surface area contributed by atoms with E-state index < -0.39 is 35.1 Å². The molecule has 5 nitrogen and oxygen atoms in total. The second-order valence-corrected chi connectivity index (χ2v) is 8.05. The van der Waals surface area contributed by atoms with Gasteiger partial charge in [-0.1, -0.05) is 12.1 Å². The van der Waals surface area contributed by atoms with E-state index in [9.17, 15) is 23.5 Å². The minimum absolute atomic E-state index is 0.163. The van der Waals surface area contributed by atoms with Crippen LogP contribution in [0.4, 0.5) is 13.9 Å². The second-order valence-electron chi connectivity index (χ2n) is 6.87. The highest BCUT2D eigenvalue weighted by molar-refractivity contribution is 7.16. The largest absolute Gasteiger partial charge is 0.507 e. The molecule has 1 fully saturated rings. The van der Waals surface area contributed by atoms with Gasteiger partial charge in [-0.3, -0.25) is 14.5 Å². The van der Waals surface area contributed by atoms with Gasteiger partial charge in [0.25, 0.3) is 5.78 Å². The molecule has 1 aliphatic rings. The number of thiazole rings is 1. The number of ketones is 1. The summed E-state index contributed by atoms with van der Waals surface area (Å²) in [6.07, 6.45) is 0. The fourth-order valence-electron chi connectivity index (χ4n) is 3.31. The number of anilines is 1. The number of aliphatic hydroxyl groups is 1. The summed E-state index contributed by atoms with van der Waals surface area (Å²) in [5.74, 6) is -3.15. The Morgan fingerprint density at radius 3 is 2.10 bits per heavy atom. The zero-order valence-electron chi connectivity index (χ0n) is 16.0. The lowest BCUT2D eigenvalue weighted by Gasteiger charge is -2.23. The third-order valence-corrected chi connectivity index (χ3v) is 6.04. The van der Waals surface area contributed by atoms with Crippen LogP contribution in [0.25, 0.3) is 5.76 Å². The van der Waals surface area contributed by atoms with Crippen molar-refractivity contribution < 1.29 is 23.5 Å². The van der Waals surface area contributed by atoms with E-state index in [2.05, 4.69) is 4.98 Å². The maximum absolute atomic E-state index is 13.5. The number of carbonyl (C=O) groups excluding carboxylic acids is 2. The Morgan fingerprint density at radius 1 is 1.00 bits per heavy atom. The quantitative estimate of drug-likeness (QED) is 0.376. The maximum Gasteiger partial charge on any atom is 0.301 e. The van der Waals surface area contributed by atoms with Gasteiger partial charge in [-0.25, -0.2) is 13.8 Å². The predicted molar refractivity (Wildman–Crippen MR) is 109 cm³/mol. The van der Waals surface area contributed by atoms with Gasteiger partial charge < -0.3 is 5.11 Å². The number of halogens is 2. The fraction of sp³-hybridized carbons (Fsp3) is 0.136. The van der Waals surface area contributed by atoms with Crippen molar-refractivity contribution in [1.82, 2.24) is 4.98 Å². The lowest BCUT2D eigenvalue weighted by molar-refractivity contribution is -0.132. The van der Waals surface area contributed by atoms with Crippen LogP contribution < -0.4 is 4.90 Å². The van der Waals surface area contributed by atoms with E-state index in [0.717, 1.165) is 17.0 Å². The first-order valence-electron chi connectivity index (χ1n) is 9.04. The lowest BCUT2D eigenvalue weighted by Crippen LogP contribution is -2.29. The van der Waals surface area contributed by atoms with E-state index in [-0.39, 0.29) is 11.1 Å². The molecule has 0 radical (unpaired) electrons. The van der Waals surface area contributed by atoms with Gasteiger partial charge >= 0.3 is 5.91 Å². The Labute approximate surface area is 174 Å². The molecule has 30 heavy (non-hydrogen) atoms. The molecule has 0 bridgehead atoms. The Hall–Kier alpha value is -3.39. The topological polar surface area (TPSA) is 70.5 Å². The van der Waals surface area contributed by atoms with Crippen LogP contribution in [-0.2, 0) is 9.59 Å². The van der Waals surface area contributed by atoms with E-state index >= 15 is 0 Å². The molecule has 4 rings (SSSR count). The number of rotatable bonds is 3. The number of aryl methyl sites for hydroxylation is 2. The molecule has 1 aromatic heterocycles. The summed E-state index contributed by atoms with van der Waals surface area (Å²) in [6.45, 7) is 3.63. The molecule has 0 spiro atoms. The Balaban J connectivity index is 1.94. The zero-order valence-corrected chi connectivity index (χ0v) is 16.8. The summed E-state index contributed by atoms with van der Waals surface area (Å²) in [7, 11) is 0. The summed E-state index contributed by atoms with van der Waals surface area (Å²) < 4.78 is 26.8. The molecule has 8 heteroatoms. The van der Waals surface area contributed by atoms with Gasteiger partial charge in [-0.05, 0) is 55.8 Å². The molecule has 1 saturated heterocycles. The average Bonchev–Trinajstić information content (AvgIpc) is 3.18. The van der Waals surface area contributed by atoms with Crippen LogP contribution in [0, 0.1) is 25.5 Å². The van der Waals surface area contributed by atoms with Gasteiger partial charge in [0.15, 0.2) is 5.13 Å². The standard InChI is InChI=1S/C22H16F2N2O3S/c1-11-12(2)30-22(25-11)26-18(13-3-7-15(23)8-4-13)17(20(28)21(26)29)19(27)14-5-9-16(24)10-6-14/h3-10,18,27H,1-2H3/t18-/m1/s1. The molecule has 1 aliphatic heterocycles. The maximum atomic E-state index is 13.5. The van der Waals surface area contributed by atoms with E-state index in [1.165, 1.54) is 52.6 Å². The summed E-state index contributed by atoms with van der Waals surface area (Å²) in [5, 5.41) is 11.2. The van der Waals surface area contributed by atoms with Crippen molar-refractivity contribution in [2.75, 3.05) is 4.90 Å². The fourth-order valence-corrected chi connectivity index (χ4v) is 4.25. The van der Waals surface area contributed by atoms with Crippen molar-refractivity contribution in [2.45, 2.75) is 19.9 Å². The van der Waals surface area contributed by atoms with E-state index in [1.54, 1.807) is 6.92 Å². The minimum Gasteiger partial charge on any atom is -0.507 e. The van der Waals surface area contributed by atoms with Crippen molar-refractivity contribution in [2.24, 2.45) is 0 Å². The van der Waals surface area contributed by atoms with Crippen LogP contribution in [0.1, 0.15) is 27.7 Å². The van der Waals surface area contributed by atoms with E-state index in [1.807, 2.05) is 6.92 Å². The lowest BCUT2D eigenvalue weighted by atomic mass is 9.95. The number of Topliss-reactive ketones (excluding diaryl/α,β-unsaturated/α-hetero) is 1. The van der Waals surface area contributed by atoms with Crippen LogP contribution >= 0.6 is 11.3 Å². The molecule has 152 valence electrons. The summed E-state index contributed by atoms with van der Waals surface area (Å²) in [4.78, 5) is 32.4. The highest BCUT2D eigenvalue weighted by Gasteiger charge is 2.48. The molecule has 1 atom stereocenters. The van der Waals surface area contributed by atoms with Crippen LogP contribution in [0.15, 0.2) is 54.1 Å². The van der Waals surface area contributed by atoms with Gasteiger partial charge in [0.05, 0.1) is 17.3 Å². The van der Waals surface area contributed by atoms with Gasteiger partial charge in [0, 0.05) is 10.4 Å². The van der Waals surface area contributed by atoms with E-state index in [4.69, 9.17) is 0 Å². The molecule has 2 heterocycles.